The van der Waals surface area contributed by atoms with Gasteiger partial charge in [-0.3, -0.25) is 0 Å². The molecule has 0 aliphatic carbocycles. The number of thiazole rings is 1. The van der Waals surface area contributed by atoms with Crippen LogP contribution >= 0.6 is 11.3 Å². The van der Waals surface area contributed by atoms with Crippen molar-refractivity contribution in [2.75, 3.05) is 13.7 Å². The molecule has 0 spiro atoms. The molecule has 0 atom stereocenters. The minimum atomic E-state index is -0.310. The summed E-state index contributed by atoms with van der Waals surface area (Å²) in [6, 6.07) is 0. The van der Waals surface area contributed by atoms with Crippen LogP contribution in [0.5, 0.6) is 0 Å². The maximum atomic E-state index is 5.54. The number of nitrogens with zero attached hydrogens (tertiary/aromatic N) is 1. The molecule has 0 aliphatic rings. The van der Waals surface area contributed by atoms with Crippen molar-refractivity contribution >= 4 is 11.3 Å². The molecular formula is C14H26N2OS. The zero-order chi connectivity index (χ0) is 14.0. The smallest absolute Gasteiger partial charge is 0.125 e. The molecule has 18 heavy (non-hydrogen) atoms. The Morgan fingerprint density at radius 1 is 1.22 bits per heavy atom. The van der Waals surface area contributed by atoms with Crippen molar-refractivity contribution in [3.63, 3.8) is 0 Å². The minimum absolute atomic E-state index is 0.0727. The van der Waals surface area contributed by atoms with E-state index in [4.69, 9.17) is 9.72 Å². The summed E-state index contributed by atoms with van der Waals surface area (Å²) in [4.78, 5) is 6.15. The number of hydrogen-bond acceptors (Lipinski definition) is 4. The van der Waals surface area contributed by atoms with Gasteiger partial charge in [-0.05, 0) is 20.4 Å². The summed E-state index contributed by atoms with van der Waals surface area (Å²) >= 11 is 1.76. The monoisotopic (exact) mass is 270 g/mol. The van der Waals surface area contributed by atoms with Crippen molar-refractivity contribution in [3.8, 4) is 0 Å². The average Bonchev–Trinajstić information content (AvgIpc) is 2.70. The fraction of sp³-hybridized carbons (Fsp3) is 0.786. The predicted molar refractivity (Wildman–Crippen MR) is 78.2 cm³/mol. The third kappa shape index (κ3) is 3.53. The van der Waals surface area contributed by atoms with Gasteiger partial charge in [0, 0.05) is 23.9 Å². The molecule has 1 aromatic heterocycles. The molecule has 1 N–H and O–H groups in total. The molecule has 1 heterocycles. The molecule has 104 valence electrons. The predicted octanol–water partition coefficient (Wildman–Crippen LogP) is 3.43. The Kier molecular flexibility index (Phi) is 4.92. The van der Waals surface area contributed by atoms with Crippen molar-refractivity contribution in [2.45, 2.75) is 59.1 Å². The van der Waals surface area contributed by atoms with Gasteiger partial charge in [0.2, 0.25) is 0 Å². The normalized spacial score (nSPS) is 13.1. The Labute approximate surface area is 115 Å². The van der Waals surface area contributed by atoms with E-state index in [-0.39, 0.29) is 11.0 Å². The van der Waals surface area contributed by atoms with Gasteiger partial charge in [-0.1, -0.05) is 27.7 Å². The average molecular weight is 270 g/mol. The molecule has 1 rings (SSSR count). The zero-order valence-electron chi connectivity index (χ0n) is 12.7. The second kappa shape index (κ2) is 5.68. The van der Waals surface area contributed by atoms with Crippen LogP contribution in [0.1, 0.15) is 57.1 Å². The summed E-state index contributed by atoms with van der Waals surface area (Å²) in [7, 11) is 1.74. The fourth-order valence-corrected chi connectivity index (χ4v) is 2.96. The summed E-state index contributed by atoms with van der Waals surface area (Å²) in [6.45, 7) is 14.7. The van der Waals surface area contributed by atoms with Crippen LogP contribution < -0.4 is 5.32 Å². The molecule has 4 heteroatoms. The third-order valence-electron chi connectivity index (χ3n) is 2.97. The van der Waals surface area contributed by atoms with Crippen molar-refractivity contribution < 1.29 is 4.74 Å². The van der Waals surface area contributed by atoms with Crippen LogP contribution in [0.2, 0.25) is 0 Å². The van der Waals surface area contributed by atoms with E-state index < -0.39 is 0 Å². The van der Waals surface area contributed by atoms with Crippen LogP contribution in [-0.2, 0) is 22.3 Å². The van der Waals surface area contributed by atoms with Gasteiger partial charge in [0.15, 0.2) is 0 Å². The number of aromatic nitrogens is 1. The van der Waals surface area contributed by atoms with Crippen LogP contribution in [0.15, 0.2) is 0 Å². The van der Waals surface area contributed by atoms with Crippen LogP contribution in [-0.4, -0.2) is 18.6 Å². The Hall–Kier alpha value is -0.450. The highest BCUT2D eigenvalue weighted by Crippen LogP contribution is 2.35. The molecule has 0 aliphatic heterocycles. The SMILES string of the molecule is CCNCc1sc(C(C)(C)OC)nc1C(C)(C)C. The molecule has 0 saturated heterocycles. The van der Waals surface area contributed by atoms with Crippen molar-refractivity contribution in [1.29, 1.82) is 0 Å². The standard InChI is InChI=1S/C14H26N2OS/c1-8-15-9-10-11(13(2,3)4)16-12(18-10)14(5,6)17-7/h15H,8-9H2,1-7H3. The van der Waals surface area contributed by atoms with Gasteiger partial charge in [0.1, 0.15) is 10.6 Å². The maximum Gasteiger partial charge on any atom is 0.125 e. The molecule has 1 aromatic rings. The van der Waals surface area contributed by atoms with Crippen molar-refractivity contribution in [1.82, 2.24) is 10.3 Å². The van der Waals surface area contributed by atoms with Gasteiger partial charge in [-0.2, -0.15) is 0 Å². The summed E-state index contributed by atoms with van der Waals surface area (Å²) in [6.07, 6.45) is 0. The molecule has 3 nitrogen and oxygen atoms in total. The van der Waals surface area contributed by atoms with Gasteiger partial charge in [-0.25, -0.2) is 4.98 Å². The first-order valence-electron chi connectivity index (χ1n) is 6.49. The molecular weight excluding hydrogens is 244 g/mol. The highest BCUT2D eigenvalue weighted by Gasteiger charge is 2.29. The lowest BCUT2D eigenvalue weighted by Gasteiger charge is -2.20. The highest BCUT2D eigenvalue weighted by atomic mass is 32.1. The van der Waals surface area contributed by atoms with Crippen molar-refractivity contribution in [3.05, 3.63) is 15.6 Å². The van der Waals surface area contributed by atoms with Gasteiger partial charge in [0.25, 0.3) is 0 Å². The van der Waals surface area contributed by atoms with E-state index in [1.807, 2.05) is 0 Å². The lowest BCUT2D eigenvalue weighted by Crippen LogP contribution is -2.21. The molecule has 0 fully saturated rings. The van der Waals surface area contributed by atoms with Gasteiger partial charge >= 0.3 is 0 Å². The first-order valence-corrected chi connectivity index (χ1v) is 7.30. The number of methoxy groups -OCH3 is 1. The van der Waals surface area contributed by atoms with E-state index in [2.05, 4.69) is 46.9 Å². The van der Waals surface area contributed by atoms with E-state index in [1.54, 1.807) is 18.4 Å². The first kappa shape index (κ1) is 15.6. The summed E-state index contributed by atoms with van der Waals surface area (Å²) in [5.74, 6) is 0. The number of rotatable bonds is 5. The first-order chi connectivity index (χ1) is 8.22. The molecule has 0 radical (unpaired) electrons. The summed E-state index contributed by atoms with van der Waals surface area (Å²) in [5.41, 5.74) is 0.951. The van der Waals surface area contributed by atoms with Gasteiger partial charge in [0.05, 0.1) is 5.69 Å². The Morgan fingerprint density at radius 2 is 1.83 bits per heavy atom. The van der Waals surface area contributed by atoms with Gasteiger partial charge < -0.3 is 10.1 Å². The van der Waals surface area contributed by atoms with Crippen LogP contribution in [0.3, 0.4) is 0 Å². The quantitative estimate of drug-likeness (QED) is 0.890. The maximum absolute atomic E-state index is 5.54. The Bertz CT molecular complexity index is 391. The summed E-state index contributed by atoms with van der Waals surface area (Å²) in [5, 5.41) is 4.45. The fourth-order valence-electron chi connectivity index (χ4n) is 1.64. The Balaban J connectivity index is 3.15. The van der Waals surface area contributed by atoms with E-state index in [9.17, 15) is 0 Å². The van der Waals surface area contributed by atoms with E-state index in [0.29, 0.717) is 0 Å². The number of hydrogen-bond donors (Lipinski definition) is 1. The van der Waals surface area contributed by atoms with Crippen LogP contribution in [0.25, 0.3) is 0 Å². The molecule has 0 saturated carbocycles. The lowest BCUT2D eigenvalue weighted by atomic mass is 9.91. The highest BCUT2D eigenvalue weighted by molar-refractivity contribution is 7.11. The zero-order valence-corrected chi connectivity index (χ0v) is 13.5. The minimum Gasteiger partial charge on any atom is -0.372 e. The Morgan fingerprint density at radius 3 is 2.28 bits per heavy atom. The lowest BCUT2D eigenvalue weighted by molar-refractivity contribution is 0.0188. The number of nitrogens with one attached hydrogen (secondary N) is 1. The third-order valence-corrected chi connectivity index (χ3v) is 4.33. The van der Waals surface area contributed by atoms with E-state index in [0.717, 1.165) is 18.1 Å². The largest absolute Gasteiger partial charge is 0.372 e. The summed E-state index contributed by atoms with van der Waals surface area (Å²) < 4.78 is 5.54. The van der Waals surface area contributed by atoms with Crippen molar-refractivity contribution in [2.24, 2.45) is 0 Å². The molecule has 0 aromatic carbocycles. The molecule has 0 unspecified atom stereocenters. The van der Waals surface area contributed by atoms with E-state index in [1.165, 1.54) is 10.6 Å². The topological polar surface area (TPSA) is 34.1 Å². The second-order valence-corrected chi connectivity index (χ2v) is 7.12. The van der Waals surface area contributed by atoms with Crippen LogP contribution in [0.4, 0.5) is 0 Å². The number of ether oxygens (including phenoxy) is 1. The van der Waals surface area contributed by atoms with Crippen LogP contribution in [0, 0.1) is 0 Å². The molecule has 0 bridgehead atoms. The second-order valence-electron chi connectivity index (χ2n) is 6.04. The van der Waals surface area contributed by atoms with Gasteiger partial charge in [-0.15, -0.1) is 11.3 Å². The molecule has 0 amide bonds. The van der Waals surface area contributed by atoms with E-state index >= 15 is 0 Å².